The van der Waals surface area contributed by atoms with Gasteiger partial charge in [-0.15, -0.1) is 0 Å². The van der Waals surface area contributed by atoms with Gasteiger partial charge in [0, 0.05) is 6.20 Å². The summed E-state index contributed by atoms with van der Waals surface area (Å²) in [6, 6.07) is 5.24. The van der Waals surface area contributed by atoms with Crippen molar-refractivity contribution in [3.05, 3.63) is 45.5 Å². The molecule has 7 nitrogen and oxygen atoms in total. The van der Waals surface area contributed by atoms with Crippen molar-refractivity contribution in [2.45, 2.75) is 13.8 Å². The SMILES string of the molecule is Cc1nn(-c2cccnc2C#N)c(C)c1[N+](=O)[O-]. The first-order valence-corrected chi connectivity index (χ1v) is 5.12. The van der Waals surface area contributed by atoms with Gasteiger partial charge in [-0.05, 0) is 26.0 Å². The molecule has 0 aliphatic carbocycles. The molecule has 18 heavy (non-hydrogen) atoms. The number of nitriles is 1. The number of aromatic nitrogens is 3. The van der Waals surface area contributed by atoms with Crippen molar-refractivity contribution in [2.24, 2.45) is 0 Å². The summed E-state index contributed by atoms with van der Waals surface area (Å²) < 4.78 is 1.37. The lowest BCUT2D eigenvalue weighted by molar-refractivity contribution is -0.386. The molecule has 0 bridgehead atoms. The van der Waals surface area contributed by atoms with Crippen molar-refractivity contribution in [3.8, 4) is 11.8 Å². The average molecular weight is 243 g/mol. The summed E-state index contributed by atoms with van der Waals surface area (Å²) in [5.74, 6) is 0. The van der Waals surface area contributed by atoms with E-state index in [-0.39, 0.29) is 11.4 Å². The van der Waals surface area contributed by atoms with E-state index in [1.54, 1.807) is 26.0 Å². The Morgan fingerprint density at radius 2 is 2.22 bits per heavy atom. The smallest absolute Gasteiger partial charge is 0.258 e. The number of rotatable bonds is 2. The molecule has 0 aliphatic rings. The number of hydrogen-bond donors (Lipinski definition) is 0. The van der Waals surface area contributed by atoms with Gasteiger partial charge in [0.05, 0.1) is 4.92 Å². The van der Waals surface area contributed by atoms with Crippen molar-refractivity contribution < 1.29 is 4.92 Å². The van der Waals surface area contributed by atoms with Gasteiger partial charge in [-0.3, -0.25) is 10.1 Å². The molecule has 0 aromatic carbocycles. The predicted molar refractivity (Wildman–Crippen MR) is 62.2 cm³/mol. The summed E-state index contributed by atoms with van der Waals surface area (Å²) in [5.41, 5.74) is 1.27. The molecular formula is C11H9N5O2. The molecule has 0 spiro atoms. The maximum absolute atomic E-state index is 10.9. The van der Waals surface area contributed by atoms with Crippen LogP contribution in [0.25, 0.3) is 5.69 Å². The van der Waals surface area contributed by atoms with E-state index in [1.165, 1.54) is 10.9 Å². The first-order valence-electron chi connectivity index (χ1n) is 5.12. The van der Waals surface area contributed by atoms with Crippen LogP contribution in [0.5, 0.6) is 0 Å². The van der Waals surface area contributed by atoms with Crippen molar-refractivity contribution in [3.63, 3.8) is 0 Å². The lowest BCUT2D eigenvalue weighted by Gasteiger charge is -2.04. The Kier molecular flexibility index (Phi) is 2.77. The van der Waals surface area contributed by atoms with Gasteiger partial charge in [0.25, 0.3) is 0 Å². The first kappa shape index (κ1) is 11.7. The van der Waals surface area contributed by atoms with Gasteiger partial charge in [0.15, 0.2) is 5.69 Å². The summed E-state index contributed by atoms with van der Waals surface area (Å²) in [6.45, 7) is 3.15. The van der Waals surface area contributed by atoms with E-state index in [9.17, 15) is 10.1 Å². The average Bonchev–Trinajstić information content (AvgIpc) is 2.64. The van der Waals surface area contributed by atoms with Crippen molar-refractivity contribution >= 4 is 5.69 Å². The van der Waals surface area contributed by atoms with Gasteiger partial charge in [-0.1, -0.05) is 0 Å². The number of nitrogens with zero attached hydrogens (tertiary/aromatic N) is 5. The van der Waals surface area contributed by atoms with Gasteiger partial charge in [-0.2, -0.15) is 10.4 Å². The fourth-order valence-electron chi connectivity index (χ4n) is 1.79. The van der Waals surface area contributed by atoms with Gasteiger partial charge >= 0.3 is 5.69 Å². The normalized spacial score (nSPS) is 10.1. The second-order valence-electron chi connectivity index (χ2n) is 3.67. The van der Waals surface area contributed by atoms with Gasteiger partial charge < -0.3 is 0 Å². The molecule has 2 heterocycles. The van der Waals surface area contributed by atoms with Crippen LogP contribution < -0.4 is 0 Å². The Morgan fingerprint density at radius 1 is 1.50 bits per heavy atom. The Hall–Kier alpha value is -2.75. The summed E-state index contributed by atoms with van der Waals surface area (Å²) in [5, 5.41) is 24.0. The van der Waals surface area contributed by atoms with Crippen LogP contribution in [0, 0.1) is 35.3 Å². The maximum atomic E-state index is 10.9. The second kappa shape index (κ2) is 4.25. The van der Waals surface area contributed by atoms with Crippen LogP contribution >= 0.6 is 0 Å². The lowest BCUT2D eigenvalue weighted by atomic mass is 10.3. The maximum Gasteiger partial charge on any atom is 0.313 e. The molecule has 0 saturated carbocycles. The quantitative estimate of drug-likeness (QED) is 0.590. The highest BCUT2D eigenvalue weighted by Gasteiger charge is 2.23. The van der Waals surface area contributed by atoms with Gasteiger partial charge in [0.1, 0.15) is 23.1 Å². The molecule has 0 amide bonds. The van der Waals surface area contributed by atoms with Crippen LogP contribution in [-0.4, -0.2) is 19.7 Å². The fourth-order valence-corrected chi connectivity index (χ4v) is 1.79. The summed E-state index contributed by atoms with van der Waals surface area (Å²) in [7, 11) is 0. The third-order valence-electron chi connectivity index (χ3n) is 2.56. The van der Waals surface area contributed by atoms with Gasteiger partial charge in [0.2, 0.25) is 0 Å². The zero-order chi connectivity index (χ0) is 13.3. The van der Waals surface area contributed by atoms with E-state index < -0.39 is 4.92 Å². The van der Waals surface area contributed by atoms with Crippen molar-refractivity contribution in [1.82, 2.24) is 14.8 Å². The van der Waals surface area contributed by atoms with E-state index >= 15 is 0 Å². The topological polar surface area (TPSA) is 97.6 Å². The standard InChI is InChI=1S/C11H9N5O2/c1-7-11(16(17)18)8(2)15(14-7)10-4-3-5-13-9(10)6-12/h3-5H,1-2H3. The second-order valence-corrected chi connectivity index (χ2v) is 3.67. The van der Waals surface area contributed by atoms with Crippen LogP contribution in [0.1, 0.15) is 17.1 Å². The van der Waals surface area contributed by atoms with E-state index in [1.807, 2.05) is 6.07 Å². The van der Waals surface area contributed by atoms with E-state index in [0.717, 1.165) is 0 Å². The molecule has 0 aliphatic heterocycles. The summed E-state index contributed by atoms with van der Waals surface area (Å²) in [4.78, 5) is 14.3. The molecule has 0 atom stereocenters. The van der Waals surface area contributed by atoms with Crippen LogP contribution in [0.4, 0.5) is 5.69 Å². The Balaban J connectivity index is 2.70. The summed E-state index contributed by atoms with van der Waals surface area (Å²) >= 11 is 0. The van der Waals surface area contributed by atoms with E-state index in [2.05, 4.69) is 10.1 Å². The highest BCUT2D eigenvalue weighted by Crippen LogP contribution is 2.25. The van der Waals surface area contributed by atoms with Crippen LogP contribution in [0.2, 0.25) is 0 Å². The third kappa shape index (κ3) is 1.69. The molecule has 2 rings (SSSR count). The minimum atomic E-state index is -0.476. The number of aryl methyl sites for hydroxylation is 1. The molecule has 2 aromatic rings. The van der Waals surface area contributed by atoms with E-state index in [0.29, 0.717) is 17.1 Å². The minimum Gasteiger partial charge on any atom is -0.258 e. The number of hydrogen-bond acceptors (Lipinski definition) is 5. The molecule has 0 saturated heterocycles. The van der Waals surface area contributed by atoms with E-state index in [4.69, 9.17) is 5.26 Å². The Bertz CT molecular complexity index is 669. The van der Waals surface area contributed by atoms with Gasteiger partial charge in [-0.25, -0.2) is 9.67 Å². The molecule has 0 unspecified atom stereocenters. The van der Waals surface area contributed by atoms with Crippen LogP contribution in [0.15, 0.2) is 18.3 Å². The monoisotopic (exact) mass is 243 g/mol. The molecule has 7 heteroatoms. The molecule has 2 aromatic heterocycles. The van der Waals surface area contributed by atoms with Crippen molar-refractivity contribution in [1.29, 1.82) is 5.26 Å². The Morgan fingerprint density at radius 3 is 2.78 bits per heavy atom. The molecular weight excluding hydrogens is 234 g/mol. The number of pyridine rings is 1. The lowest BCUT2D eigenvalue weighted by Crippen LogP contribution is -2.03. The highest BCUT2D eigenvalue weighted by molar-refractivity contribution is 5.49. The van der Waals surface area contributed by atoms with Crippen molar-refractivity contribution in [2.75, 3.05) is 0 Å². The summed E-state index contributed by atoms with van der Waals surface area (Å²) in [6.07, 6.45) is 1.49. The fraction of sp³-hybridized carbons (Fsp3) is 0.182. The largest absolute Gasteiger partial charge is 0.313 e. The van der Waals surface area contributed by atoms with Crippen LogP contribution in [0.3, 0.4) is 0 Å². The first-order chi connectivity index (χ1) is 8.56. The highest BCUT2D eigenvalue weighted by atomic mass is 16.6. The molecule has 0 N–H and O–H groups in total. The molecule has 0 fully saturated rings. The minimum absolute atomic E-state index is 0.0391. The molecule has 90 valence electrons. The predicted octanol–water partition coefficient (Wildman–Crippen LogP) is 1.66. The molecule has 0 radical (unpaired) electrons. The zero-order valence-corrected chi connectivity index (χ0v) is 9.78. The van der Waals surface area contributed by atoms with Crippen LogP contribution in [-0.2, 0) is 0 Å². The zero-order valence-electron chi connectivity index (χ0n) is 9.78. The third-order valence-corrected chi connectivity index (χ3v) is 2.56. The Labute approximate surface area is 102 Å². The number of nitro groups is 1.